The largest absolute Gasteiger partial charge is 0.371 e. The molecular weight excluding hydrogens is 340 g/mol. The third-order valence-corrected chi connectivity index (χ3v) is 5.58. The van der Waals surface area contributed by atoms with Crippen LogP contribution in [0.5, 0.6) is 0 Å². The Morgan fingerprint density at radius 1 is 1.45 bits per heavy atom. The summed E-state index contributed by atoms with van der Waals surface area (Å²) in [6.07, 6.45) is 1.12. The minimum Gasteiger partial charge on any atom is -0.371 e. The molecule has 4 nitrogen and oxygen atoms in total. The van der Waals surface area contributed by atoms with E-state index in [-0.39, 0.29) is 10.6 Å². The molecule has 1 aromatic rings. The van der Waals surface area contributed by atoms with Gasteiger partial charge in [0.25, 0.3) is 5.69 Å². The second kappa shape index (κ2) is 6.35. The van der Waals surface area contributed by atoms with E-state index < -0.39 is 0 Å². The lowest BCUT2D eigenvalue weighted by Gasteiger charge is -2.24. The van der Waals surface area contributed by atoms with Crippen LogP contribution in [-0.4, -0.2) is 28.5 Å². The van der Waals surface area contributed by atoms with Gasteiger partial charge < -0.3 is 4.90 Å². The Morgan fingerprint density at radius 2 is 2.20 bits per heavy atom. The van der Waals surface area contributed by atoms with E-state index >= 15 is 0 Å². The maximum atomic E-state index is 11.0. The van der Waals surface area contributed by atoms with Gasteiger partial charge in [0.1, 0.15) is 0 Å². The summed E-state index contributed by atoms with van der Waals surface area (Å²) in [5.41, 5.74) is 2.02. The molecule has 1 aliphatic heterocycles. The Balaban J connectivity index is 2.22. The summed E-state index contributed by atoms with van der Waals surface area (Å²) in [5, 5.41) is 11.5. The van der Waals surface area contributed by atoms with Gasteiger partial charge in [-0.05, 0) is 18.6 Å². The van der Waals surface area contributed by atoms with E-state index in [2.05, 4.69) is 34.7 Å². The summed E-state index contributed by atoms with van der Waals surface area (Å²) in [5.74, 6) is 1.09. The Bertz CT molecular complexity index is 508. The molecule has 0 unspecified atom stereocenters. The van der Waals surface area contributed by atoms with E-state index in [4.69, 9.17) is 0 Å². The van der Waals surface area contributed by atoms with Crippen LogP contribution < -0.4 is 4.90 Å². The summed E-state index contributed by atoms with van der Waals surface area (Å²) < 4.78 is 0.313. The van der Waals surface area contributed by atoms with Crippen molar-refractivity contribution < 1.29 is 4.92 Å². The zero-order chi connectivity index (χ0) is 14.8. The van der Waals surface area contributed by atoms with E-state index in [1.807, 2.05) is 23.9 Å². The van der Waals surface area contributed by atoms with Crippen LogP contribution in [0.2, 0.25) is 0 Å². The average Bonchev–Trinajstić information content (AvgIpc) is 2.59. The number of anilines is 1. The molecule has 6 heteroatoms. The van der Waals surface area contributed by atoms with E-state index in [0.717, 1.165) is 36.5 Å². The van der Waals surface area contributed by atoms with Gasteiger partial charge >= 0.3 is 0 Å². The molecule has 1 aliphatic rings. The lowest BCUT2D eigenvalue weighted by Crippen LogP contribution is -2.27. The summed E-state index contributed by atoms with van der Waals surface area (Å²) >= 11 is 5.34. The monoisotopic (exact) mass is 358 g/mol. The second-order valence-electron chi connectivity index (χ2n) is 5.55. The predicted octanol–water partition coefficient (Wildman–Crippen LogP) is 4.21. The number of hydrogen-bond acceptors (Lipinski definition) is 4. The number of nitro benzene ring substituents is 1. The number of thioether (sulfide) groups is 1. The molecule has 0 atom stereocenters. The van der Waals surface area contributed by atoms with Crippen molar-refractivity contribution in [3.63, 3.8) is 0 Å². The zero-order valence-corrected chi connectivity index (χ0v) is 14.2. The standard InChI is InChI=1S/C14H19BrN2O2S/c1-14(2)5-6-16(7-8-20-14)12-3-4-13(17(18)19)11(9-12)10-15/h3-4,9H,5-8,10H2,1-2H3. The van der Waals surface area contributed by atoms with Gasteiger partial charge in [-0.3, -0.25) is 10.1 Å². The van der Waals surface area contributed by atoms with Crippen molar-refractivity contribution in [2.24, 2.45) is 0 Å². The van der Waals surface area contributed by atoms with E-state index in [1.54, 1.807) is 6.07 Å². The van der Waals surface area contributed by atoms with Gasteiger partial charge in [-0.1, -0.05) is 29.8 Å². The molecule has 0 saturated carbocycles. The zero-order valence-electron chi connectivity index (χ0n) is 11.8. The van der Waals surface area contributed by atoms with Crippen LogP contribution in [0.1, 0.15) is 25.8 Å². The van der Waals surface area contributed by atoms with Gasteiger partial charge in [0, 0.05) is 46.2 Å². The number of nitrogens with zero attached hydrogens (tertiary/aromatic N) is 2. The topological polar surface area (TPSA) is 46.4 Å². The van der Waals surface area contributed by atoms with Gasteiger partial charge in [0.05, 0.1) is 4.92 Å². The molecule has 1 fully saturated rings. The number of halogens is 1. The highest BCUT2D eigenvalue weighted by Crippen LogP contribution is 2.33. The van der Waals surface area contributed by atoms with Crippen LogP contribution >= 0.6 is 27.7 Å². The summed E-state index contributed by atoms with van der Waals surface area (Å²) in [7, 11) is 0. The third-order valence-electron chi connectivity index (χ3n) is 3.61. The molecule has 0 aromatic heterocycles. The van der Waals surface area contributed by atoms with Crippen LogP contribution in [0, 0.1) is 10.1 Å². The highest BCUT2D eigenvalue weighted by molar-refractivity contribution is 9.08. The molecular formula is C14H19BrN2O2S. The van der Waals surface area contributed by atoms with E-state index in [0.29, 0.717) is 10.1 Å². The molecule has 1 saturated heterocycles. The van der Waals surface area contributed by atoms with Gasteiger partial charge in [-0.15, -0.1) is 0 Å². The number of benzene rings is 1. The van der Waals surface area contributed by atoms with E-state index in [9.17, 15) is 10.1 Å². The molecule has 0 N–H and O–H groups in total. The molecule has 1 heterocycles. The van der Waals surface area contributed by atoms with Crippen molar-refractivity contribution in [3.05, 3.63) is 33.9 Å². The van der Waals surface area contributed by atoms with Crippen LogP contribution in [0.3, 0.4) is 0 Å². The lowest BCUT2D eigenvalue weighted by atomic mass is 10.1. The smallest absolute Gasteiger partial charge is 0.273 e. The molecule has 0 bridgehead atoms. The summed E-state index contributed by atoms with van der Waals surface area (Å²) in [6, 6.07) is 5.43. The first-order valence-corrected chi connectivity index (χ1v) is 8.76. The minimum atomic E-state index is -0.318. The Morgan fingerprint density at radius 3 is 2.85 bits per heavy atom. The summed E-state index contributed by atoms with van der Waals surface area (Å²) in [4.78, 5) is 13.0. The van der Waals surface area contributed by atoms with Crippen molar-refractivity contribution in [3.8, 4) is 0 Å². The fourth-order valence-corrected chi connectivity index (χ4v) is 3.88. The first-order valence-electron chi connectivity index (χ1n) is 6.65. The maximum absolute atomic E-state index is 11.0. The van der Waals surface area contributed by atoms with Gasteiger partial charge in [-0.25, -0.2) is 0 Å². The van der Waals surface area contributed by atoms with Gasteiger partial charge in [0.15, 0.2) is 0 Å². The Hall–Kier alpha value is -0.750. The quantitative estimate of drug-likeness (QED) is 0.461. The Kier molecular flexibility index (Phi) is 4.96. The van der Waals surface area contributed by atoms with Crippen LogP contribution in [0.4, 0.5) is 11.4 Å². The molecule has 1 aromatic carbocycles. The van der Waals surface area contributed by atoms with Crippen LogP contribution in [-0.2, 0) is 5.33 Å². The minimum absolute atomic E-state index is 0.190. The predicted molar refractivity (Wildman–Crippen MR) is 89.1 cm³/mol. The SMILES string of the molecule is CC1(C)CCN(c2ccc([N+](=O)[O-])c(CBr)c2)CCS1. The fraction of sp³-hybridized carbons (Fsp3) is 0.571. The lowest BCUT2D eigenvalue weighted by molar-refractivity contribution is -0.385. The van der Waals surface area contributed by atoms with Crippen molar-refractivity contribution >= 4 is 39.1 Å². The molecule has 0 amide bonds. The van der Waals surface area contributed by atoms with Crippen LogP contribution in [0.15, 0.2) is 18.2 Å². The van der Waals surface area contributed by atoms with Crippen molar-refractivity contribution in [1.82, 2.24) is 0 Å². The summed E-state index contributed by atoms with van der Waals surface area (Å²) in [6.45, 7) is 6.55. The first kappa shape index (κ1) is 15.6. The second-order valence-corrected chi connectivity index (χ2v) is 7.91. The molecule has 0 spiro atoms. The van der Waals surface area contributed by atoms with Crippen molar-refractivity contribution in [2.75, 3.05) is 23.7 Å². The number of hydrogen-bond donors (Lipinski definition) is 0. The first-order chi connectivity index (χ1) is 9.43. The maximum Gasteiger partial charge on any atom is 0.273 e. The highest BCUT2D eigenvalue weighted by atomic mass is 79.9. The molecule has 0 radical (unpaired) electrons. The number of rotatable bonds is 3. The Labute approximate surface area is 132 Å². The molecule has 110 valence electrons. The van der Waals surface area contributed by atoms with Gasteiger partial charge in [-0.2, -0.15) is 11.8 Å². The fourth-order valence-electron chi connectivity index (χ4n) is 2.33. The van der Waals surface area contributed by atoms with Crippen molar-refractivity contribution in [2.45, 2.75) is 30.3 Å². The normalized spacial score (nSPS) is 18.6. The number of alkyl halides is 1. The number of nitro groups is 1. The van der Waals surface area contributed by atoms with Gasteiger partial charge in [0.2, 0.25) is 0 Å². The average molecular weight is 359 g/mol. The molecule has 0 aliphatic carbocycles. The third kappa shape index (κ3) is 3.67. The van der Waals surface area contributed by atoms with E-state index in [1.165, 1.54) is 0 Å². The molecule has 20 heavy (non-hydrogen) atoms. The van der Waals surface area contributed by atoms with Crippen molar-refractivity contribution in [1.29, 1.82) is 0 Å². The van der Waals surface area contributed by atoms with Crippen LogP contribution in [0.25, 0.3) is 0 Å². The highest BCUT2D eigenvalue weighted by Gasteiger charge is 2.24. The molecule has 2 rings (SSSR count).